The molecule has 3 aromatic rings. The van der Waals surface area contributed by atoms with Gasteiger partial charge in [0.25, 0.3) is 0 Å². The summed E-state index contributed by atoms with van der Waals surface area (Å²) in [4.78, 5) is 1.34. The van der Waals surface area contributed by atoms with Crippen LogP contribution in [0.25, 0.3) is 0 Å². The molecule has 3 heterocycles. The van der Waals surface area contributed by atoms with Crippen molar-refractivity contribution in [1.29, 1.82) is 0 Å². The van der Waals surface area contributed by atoms with Gasteiger partial charge in [-0.25, -0.2) is 13.2 Å². The van der Waals surface area contributed by atoms with Crippen molar-refractivity contribution in [2.75, 3.05) is 28.4 Å². The SMILES string of the molecule is Cn1cc2c(n1)CN(c1c(F)cc(N(O)CC(O)CNc3ccon3)c(F)c1F)C2.[HH]. The summed E-state index contributed by atoms with van der Waals surface area (Å²) in [6, 6.07) is 2.21. The number of hydrogen-bond acceptors (Lipinski definition) is 8. The van der Waals surface area contributed by atoms with E-state index in [-0.39, 0.29) is 26.1 Å². The molecule has 3 N–H and O–H groups in total. The van der Waals surface area contributed by atoms with Crippen molar-refractivity contribution in [1.82, 2.24) is 14.9 Å². The molecule has 0 aliphatic carbocycles. The van der Waals surface area contributed by atoms with Crippen LogP contribution in [0, 0.1) is 17.5 Å². The molecular weight excluding hydrogens is 405 g/mol. The highest BCUT2D eigenvalue weighted by molar-refractivity contribution is 5.60. The molecule has 1 atom stereocenters. The Morgan fingerprint density at radius 3 is 2.83 bits per heavy atom. The molecule has 1 unspecified atom stereocenters. The standard InChI is InChI=1S/C18H19F3N6O3.H2/c1-25-6-10-7-26(9-13(10)23-25)18-12(19)4-14(16(20)17(18)21)27(29)8-11(28)5-22-15-2-3-30-24-15;/h2-4,6,11,28-29H,5,7-9H2,1H3,(H,22,24);1H. The number of rotatable bonds is 7. The topological polar surface area (TPSA) is 103 Å². The molecule has 1 aromatic carbocycles. The molecule has 0 radical (unpaired) electrons. The largest absolute Gasteiger partial charge is 0.389 e. The number of halogens is 3. The maximum Gasteiger partial charge on any atom is 0.187 e. The number of nitrogens with zero attached hydrogens (tertiary/aromatic N) is 5. The lowest BCUT2D eigenvalue weighted by molar-refractivity contribution is 0.145. The molecule has 1 aliphatic rings. The third-order valence-corrected chi connectivity index (χ3v) is 4.74. The van der Waals surface area contributed by atoms with Crippen LogP contribution in [0.3, 0.4) is 0 Å². The van der Waals surface area contributed by atoms with Gasteiger partial charge in [-0.2, -0.15) is 5.10 Å². The average Bonchev–Trinajstić information content (AvgIpc) is 3.40. The van der Waals surface area contributed by atoms with Gasteiger partial charge in [0.15, 0.2) is 23.3 Å². The Hall–Kier alpha value is -3.25. The van der Waals surface area contributed by atoms with Crippen molar-refractivity contribution in [2.24, 2.45) is 7.05 Å². The van der Waals surface area contributed by atoms with Crippen molar-refractivity contribution in [3.05, 3.63) is 53.3 Å². The van der Waals surface area contributed by atoms with Crippen LogP contribution in [0.2, 0.25) is 0 Å². The Kier molecular flexibility index (Phi) is 5.26. The van der Waals surface area contributed by atoms with Crippen LogP contribution < -0.4 is 15.3 Å². The fourth-order valence-electron chi connectivity index (χ4n) is 3.39. The van der Waals surface area contributed by atoms with E-state index in [1.165, 1.54) is 17.2 Å². The highest BCUT2D eigenvalue weighted by atomic mass is 19.2. The molecule has 9 nitrogen and oxygen atoms in total. The van der Waals surface area contributed by atoms with E-state index < -0.39 is 41.5 Å². The molecule has 2 aromatic heterocycles. The van der Waals surface area contributed by atoms with Gasteiger partial charge in [0.05, 0.1) is 24.9 Å². The summed E-state index contributed by atoms with van der Waals surface area (Å²) >= 11 is 0. The Bertz CT molecular complexity index is 1030. The normalized spacial score (nSPS) is 14.1. The van der Waals surface area contributed by atoms with Gasteiger partial charge in [0, 0.05) is 45.5 Å². The summed E-state index contributed by atoms with van der Waals surface area (Å²) in [5, 5.41) is 30.9. The zero-order chi connectivity index (χ0) is 21.4. The molecule has 0 spiro atoms. The number of aliphatic hydroxyl groups is 1. The number of anilines is 3. The van der Waals surface area contributed by atoms with E-state index >= 15 is 0 Å². The number of aliphatic hydroxyl groups excluding tert-OH is 1. The Morgan fingerprint density at radius 1 is 1.33 bits per heavy atom. The molecule has 12 heteroatoms. The minimum absolute atomic E-state index is 0. The van der Waals surface area contributed by atoms with E-state index in [0.717, 1.165) is 5.56 Å². The van der Waals surface area contributed by atoms with Gasteiger partial charge in [0.1, 0.15) is 17.6 Å². The highest BCUT2D eigenvalue weighted by Crippen LogP contribution is 2.36. The summed E-state index contributed by atoms with van der Waals surface area (Å²) in [7, 11) is 1.74. The summed E-state index contributed by atoms with van der Waals surface area (Å²) < 4.78 is 50.2. The Labute approximate surface area is 170 Å². The second-order valence-electron chi connectivity index (χ2n) is 6.99. The number of hydroxylamine groups is 1. The minimum Gasteiger partial charge on any atom is -0.389 e. The van der Waals surface area contributed by atoms with Crippen molar-refractivity contribution in [3.8, 4) is 0 Å². The molecule has 30 heavy (non-hydrogen) atoms. The number of fused-ring (bicyclic) bond motifs is 1. The quantitative estimate of drug-likeness (QED) is 0.391. The van der Waals surface area contributed by atoms with Crippen LogP contribution in [0.1, 0.15) is 12.7 Å². The zero-order valence-electron chi connectivity index (χ0n) is 15.9. The number of benzene rings is 1. The van der Waals surface area contributed by atoms with Gasteiger partial charge in [-0.05, 0) is 0 Å². The lowest BCUT2D eigenvalue weighted by Gasteiger charge is -2.24. The summed E-state index contributed by atoms with van der Waals surface area (Å²) in [5.74, 6) is -3.52. The predicted octanol–water partition coefficient (Wildman–Crippen LogP) is 2.26. The van der Waals surface area contributed by atoms with Crippen molar-refractivity contribution >= 4 is 17.2 Å². The molecule has 0 amide bonds. The van der Waals surface area contributed by atoms with Gasteiger partial charge in [-0.1, -0.05) is 5.16 Å². The first-order valence-electron chi connectivity index (χ1n) is 9.06. The third-order valence-electron chi connectivity index (χ3n) is 4.74. The molecule has 0 saturated heterocycles. The van der Waals surface area contributed by atoms with E-state index in [9.17, 15) is 23.5 Å². The van der Waals surface area contributed by atoms with Crippen LogP contribution in [-0.4, -0.2) is 44.4 Å². The molecule has 0 fully saturated rings. The van der Waals surface area contributed by atoms with Crippen molar-refractivity contribution < 1.29 is 29.4 Å². The van der Waals surface area contributed by atoms with E-state index in [2.05, 4.69) is 20.1 Å². The van der Waals surface area contributed by atoms with Crippen LogP contribution >= 0.6 is 0 Å². The maximum atomic E-state index is 14.7. The first-order valence-corrected chi connectivity index (χ1v) is 9.06. The fraction of sp³-hybridized carbons (Fsp3) is 0.333. The lowest BCUT2D eigenvalue weighted by Crippen LogP contribution is -2.35. The average molecular weight is 426 g/mol. The van der Waals surface area contributed by atoms with Gasteiger partial charge >= 0.3 is 0 Å². The van der Waals surface area contributed by atoms with Gasteiger partial charge in [-0.15, -0.1) is 0 Å². The Balaban J connectivity index is 0.00000272. The fourth-order valence-corrected chi connectivity index (χ4v) is 3.39. The summed E-state index contributed by atoms with van der Waals surface area (Å²) in [6.07, 6.45) is 1.86. The molecule has 4 rings (SSSR count). The van der Waals surface area contributed by atoms with Crippen LogP contribution in [0.5, 0.6) is 0 Å². The zero-order valence-corrected chi connectivity index (χ0v) is 15.9. The molecule has 1 aliphatic heterocycles. The molecule has 0 saturated carbocycles. The molecule has 162 valence electrons. The van der Waals surface area contributed by atoms with E-state index in [0.29, 0.717) is 17.6 Å². The van der Waals surface area contributed by atoms with Crippen LogP contribution in [0.4, 0.5) is 30.4 Å². The minimum atomic E-state index is -1.42. The van der Waals surface area contributed by atoms with Crippen molar-refractivity contribution in [3.63, 3.8) is 0 Å². The number of nitrogens with one attached hydrogen (secondary N) is 1. The number of aryl methyl sites for hydroxylation is 1. The molecule has 0 bridgehead atoms. The predicted molar refractivity (Wildman–Crippen MR) is 102 cm³/mol. The van der Waals surface area contributed by atoms with E-state index in [1.807, 2.05) is 0 Å². The van der Waals surface area contributed by atoms with E-state index in [4.69, 9.17) is 0 Å². The number of aromatic nitrogens is 3. The highest BCUT2D eigenvalue weighted by Gasteiger charge is 2.30. The molecular formula is C18H21F3N6O3. The van der Waals surface area contributed by atoms with Crippen LogP contribution in [0.15, 0.2) is 29.1 Å². The smallest absolute Gasteiger partial charge is 0.187 e. The first-order chi connectivity index (χ1) is 14.3. The maximum absolute atomic E-state index is 14.7. The van der Waals surface area contributed by atoms with E-state index in [1.54, 1.807) is 17.9 Å². The second-order valence-corrected chi connectivity index (χ2v) is 6.99. The van der Waals surface area contributed by atoms with Crippen molar-refractivity contribution in [2.45, 2.75) is 19.2 Å². The van der Waals surface area contributed by atoms with Crippen LogP contribution in [-0.2, 0) is 20.1 Å². The Morgan fingerprint density at radius 2 is 2.13 bits per heavy atom. The van der Waals surface area contributed by atoms with Gasteiger partial charge < -0.3 is 19.8 Å². The summed E-state index contributed by atoms with van der Waals surface area (Å²) in [6.45, 7) is -0.239. The monoisotopic (exact) mass is 426 g/mol. The lowest BCUT2D eigenvalue weighted by atomic mass is 10.2. The third kappa shape index (κ3) is 3.78. The summed E-state index contributed by atoms with van der Waals surface area (Å²) in [5.41, 5.74) is 0.211. The first kappa shape index (κ1) is 20.0. The number of hydrogen-bond donors (Lipinski definition) is 3. The second kappa shape index (κ2) is 7.88. The van der Waals surface area contributed by atoms with Gasteiger partial charge in [0.2, 0.25) is 0 Å². The van der Waals surface area contributed by atoms with Gasteiger partial charge in [-0.3, -0.25) is 15.0 Å².